The summed E-state index contributed by atoms with van der Waals surface area (Å²) in [4.78, 5) is 26.3. The third kappa shape index (κ3) is 5.10. The van der Waals surface area contributed by atoms with E-state index in [-0.39, 0.29) is 25.0 Å². The van der Waals surface area contributed by atoms with E-state index in [2.05, 4.69) is 0 Å². The Morgan fingerprint density at radius 1 is 1.02 bits per heavy atom. The van der Waals surface area contributed by atoms with Gasteiger partial charge in [-0.2, -0.15) is 0 Å². The third-order valence-corrected chi connectivity index (χ3v) is 13.1. The van der Waals surface area contributed by atoms with Crippen molar-refractivity contribution in [2.24, 2.45) is 28.6 Å². The highest BCUT2D eigenvalue weighted by atomic mass is 19.1. The molecule has 50 heavy (non-hydrogen) atoms. The number of alkyl halides is 1. The predicted octanol–water partition coefficient (Wildman–Crippen LogP) is -2.45. The number of carbonyl (C=O) groups excluding carboxylic acids is 2. The maximum absolute atomic E-state index is 17.5. The molecule has 5 fully saturated rings. The van der Waals surface area contributed by atoms with Crippen LogP contribution in [0.1, 0.15) is 46.5 Å². The minimum atomic E-state index is -2.40. The minimum absolute atomic E-state index is 0.242. The molecule has 4 unspecified atom stereocenters. The Balaban J connectivity index is 1.21. The number of ketones is 2. The summed E-state index contributed by atoms with van der Waals surface area (Å²) in [6.45, 7) is 1.38. The lowest BCUT2D eigenvalue weighted by atomic mass is 9.44. The van der Waals surface area contributed by atoms with E-state index < -0.39 is 133 Å². The molecule has 6 rings (SSSR count). The van der Waals surface area contributed by atoms with Crippen molar-refractivity contribution >= 4 is 11.6 Å². The van der Waals surface area contributed by atoms with Crippen LogP contribution in [-0.4, -0.2) is 156 Å². The van der Waals surface area contributed by atoms with Gasteiger partial charge in [-0.05, 0) is 56.6 Å². The van der Waals surface area contributed by atoms with Crippen LogP contribution in [0.15, 0.2) is 23.8 Å². The number of ether oxygens (including phenoxy) is 4. The molecular formula is C34H49FO15. The zero-order valence-corrected chi connectivity index (χ0v) is 28.2. The normalized spacial score (nSPS) is 53.1. The smallest absolute Gasteiger partial charge is 0.222 e. The Kier molecular flexibility index (Phi) is 9.85. The summed E-state index contributed by atoms with van der Waals surface area (Å²) < 4.78 is 39.9. The molecule has 4 aliphatic carbocycles. The molecule has 0 aromatic rings. The number of aliphatic hydroxyl groups excluding tert-OH is 8. The van der Waals surface area contributed by atoms with Crippen molar-refractivity contribution in [2.75, 3.05) is 26.4 Å². The van der Waals surface area contributed by atoms with E-state index in [0.717, 1.165) is 0 Å². The van der Waals surface area contributed by atoms with Crippen LogP contribution in [0.25, 0.3) is 0 Å². The topological polar surface area (TPSA) is 253 Å². The van der Waals surface area contributed by atoms with Gasteiger partial charge in [0.25, 0.3) is 0 Å². The molecule has 282 valence electrons. The van der Waals surface area contributed by atoms with Crippen LogP contribution in [0.2, 0.25) is 0 Å². The summed E-state index contributed by atoms with van der Waals surface area (Å²) in [5, 5.41) is 95.8. The lowest BCUT2D eigenvalue weighted by Crippen LogP contribution is -2.69. The van der Waals surface area contributed by atoms with Gasteiger partial charge < -0.3 is 64.9 Å². The summed E-state index contributed by atoms with van der Waals surface area (Å²) in [6.07, 6.45) is -10.2. The molecule has 9 N–H and O–H groups in total. The zero-order valence-electron chi connectivity index (χ0n) is 28.2. The molecule has 15 nitrogen and oxygen atoms in total. The summed E-state index contributed by atoms with van der Waals surface area (Å²) in [7, 11) is 0. The molecule has 6 aliphatic rings. The first kappa shape index (κ1) is 38.0. The quantitative estimate of drug-likeness (QED) is 0.120. The van der Waals surface area contributed by atoms with E-state index >= 15 is 4.39 Å². The van der Waals surface area contributed by atoms with Crippen molar-refractivity contribution in [1.82, 2.24) is 0 Å². The second-order valence-electron chi connectivity index (χ2n) is 15.4. The molecule has 17 atom stereocenters. The van der Waals surface area contributed by atoms with E-state index in [1.807, 2.05) is 0 Å². The molecule has 0 aromatic heterocycles. The van der Waals surface area contributed by atoms with Crippen LogP contribution in [-0.2, 0) is 28.5 Å². The Morgan fingerprint density at radius 2 is 1.70 bits per heavy atom. The van der Waals surface area contributed by atoms with Gasteiger partial charge in [0.15, 0.2) is 23.5 Å². The summed E-state index contributed by atoms with van der Waals surface area (Å²) in [5.41, 5.74) is -6.33. The van der Waals surface area contributed by atoms with Crippen molar-refractivity contribution in [3.63, 3.8) is 0 Å². The molecule has 0 aromatic carbocycles. The van der Waals surface area contributed by atoms with Crippen LogP contribution in [0.3, 0.4) is 0 Å². The van der Waals surface area contributed by atoms with Crippen LogP contribution in [0, 0.1) is 28.6 Å². The van der Waals surface area contributed by atoms with Gasteiger partial charge >= 0.3 is 0 Å². The average molecular weight is 717 g/mol. The molecule has 3 saturated carbocycles. The number of rotatable bonds is 9. The number of hydrogen-bond donors (Lipinski definition) is 9. The van der Waals surface area contributed by atoms with Gasteiger partial charge in [0.05, 0.1) is 19.3 Å². The number of allylic oxidation sites excluding steroid dienone is 4. The fraction of sp³-hybridized carbons (Fsp3) is 0.824. The summed E-state index contributed by atoms with van der Waals surface area (Å²) >= 11 is 0. The highest BCUT2D eigenvalue weighted by Gasteiger charge is 2.75. The van der Waals surface area contributed by atoms with Crippen molar-refractivity contribution in [3.8, 4) is 0 Å². The highest BCUT2D eigenvalue weighted by Crippen LogP contribution is 2.70. The van der Waals surface area contributed by atoms with E-state index in [1.54, 1.807) is 20.8 Å². The maximum Gasteiger partial charge on any atom is 0.222 e. The molecule has 0 radical (unpaired) electrons. The van der Waals surface area contributed by atoms with Gasteiger partial charge in [0.2, 0.25) is 5.79 Å². The number of fused-ring (bicyclic) bond motifs is 5. The first-order valence-corrected chi connectivity index (χ1v) is 17.1. The van der Waals surface area contributed by atoms with Crippen molar-refractivity contribution in [1.29, 1.82) is 0 Å². The Morgan fingerprint density at radius 3 is 2.34 bits per heavy atom. The SMILES string of the molecule is C[C@H]1C[C@H]2[C@@H]3CCC4=CC(=O)C=C[C@]4(C)[C@@]3(F)[C@@H](O)C[C@]2(C)[C@@]1(O)C(=O)COC1(CO)O[C@H](CO)[C@H](O[C@@H]2OC(CO)[C@H](O)[C@@H](O)C2O)C1O. The molecule has 16 heteroatoms. The second-order valence-corrected chi connectivity index (χ2v) is 15.4. The van der Waals surface area contributed by atoms with Crippen LogP contribution >= 0.6 is 0 Å². The van der Waals surface area contributed by atoms with E-state index in [0.29, 0.717) is 12.0 Å². The molecule has 0 spiro atoms. The third-order valence-electron chi connectivity index (χ3n) is 13.1. The van der Waals surface area contributed by atoms with Gasteiger partial charge in [-0.1, -0.05) is 25.5 Å². The number of carbonyl (C=O) groups is 2. The number of Topliss-reactive ketones (excluding diaryl/α,β-unsaturated/α-hetero) is 1. The zero-order chi connectivity index (χ0) is 36.8. The molecular weight excluding hydrogens is 667 g/mol. The van der Waals surface area contributed by atoms with E-state index in [4.69, 9.17) is 18.9 Å². The monoisotopic (exact) mass is 716 g/mol. The first-order valence-electron chi connectivity index (χ1n) is 17.1. The first-order chi connectivity index (χ1) is 23.4. The van der Waals surface area contributed by atoms with Crippen molar-refractivity contribution in [2.45, 2.75) is 119 Å². The Hall–Kier alpha value is -1.77. The Bertz CT molecular complexity index is 1410. The molecule has 2 heterocycles. The number of aliphatic hydroxyl groups is 9. The van der Waals surface area contributed by atoms with Crippen LogP contribution in [0.5, 0.6) is 0 Å². The second kappa shape index (κ2) is 13.0. The fourth-order valence-corrected chi connectivity index (χ4v) is 10.2. The number of hydrogen-bond acceptors (Lipinski definition) is 15. The molecule has 0 amide bonds. The largest absolute Gasteiger partial charge is 0.394 e. The standard InChI is InChI=1S/C34H49FO15/c1-15-8-19-18-5-4-16-9-17(39)6-7-30(16,2)33(18,35)22(40)10-31(19,3)34(15,46)23(41)13-47-32(14-38)28(45)27(21(12-37)50-32)49-29-26(44)25(43)24(42)20(11-36)48-29/h6-7,9,15,18-22,24-29,36-38,40,42-46H,4-5,8,10-14H2,1-3H3/t15-,18-,19-,20?,21+,22-,24-,25+,26?,27-,28?,29-,30-,31-,32?,33-,34-/m0/s1. The molecule has 2 saturated heterocycles. The summed E-state index contributed by atoms with van der Waals surface area (Å²) in [6, 6.07) is 0. The molecule has 2 aliphatic heterocycles. The van der Waals surface area contributed by atoms with E-state index in [1.165, 1.54) is 18.2 Å². The predicted molar refractivity (Wildman–Crippen MR) is 165 cm³/mol. The minimum Gasteiger partial charge on any atom is -0.394 e. The summed E-state index contributed by atoms with van der Waals surface area (Å²) in [5.74, 6) is -5.58. The van der Waals surface area contributed by atoms with Crippen molar-refractivity contribution < 1.29 is 78.9 Å². The van der Waals surface area contributed by atoms with Gasteiger partial charge in [-0.15, -0.1) is 0 Å². The Labute approximate surface area is 287 Å². The van der Waals surface area contributed by atoms with Crippen molar-refractivity contribution in [3.05, 3.63) is 23.8 Å². The van der Waals surface area contributed by atoms with Gasteiger partial charge in [-0.25, -0.2) is 4.39 Å². The van der Waals surface area contributed by atoms with Gasteiger partial charge in [0, 0.05) is 16.7 Å². The van der Waals surface area contributed by atoms with Crippen LogP contribution in [0.4, 0.5) is 4.39 Å². The van der Waals surface area contributed by atoms with Gasteiger partial charge in [0.1, 0.15) is 61.5 Å². The lowest BCUT2D eigenvalue weighted by Gasteiger charge is -2.62. The maximum atomic E-state index is 17.5. The molecule has 0 bridgehead atoms. The average Bonchev–Trinajstić information content (AvgIpc) is 3.47. The fourth-order valence-electron chi connectivity index (χ4n) is 10.2. The lowest BCUT2D eigenvalue weighted by molar-refractivity contribution is -0.319. The van der Waals surface area contributed by atoms with Gasteiger partial charge in [-0.3, -0.25) is 9.59 Å². The number of halogens is 1. The van der Waals surface area contributed by atoms with Crippen LogP contribution < -0.4 is 0 Å². The highest BCUT2D eigenvalue weighted by molar-refractivity contribution is 6.01. The van der Waals surface area contributed by atoms with E-state index in [9.17, 15) is 55.5 Å².